The predicted octanol–water partition coefficient (Wildman–Crippen LogP) is 4.41. The number of aliphatic hydroxyl groups excluding tert-OH is 2. The van der Waals surface area contributed by atoms with E-state index in [-0.39, 0.29) is 18.4 Å². The van der Waals surface area contributed by atoms with Crippen molar-refractivity contribution in [1.29, 1.82) is 0 Å². The van der Waals surface area contributed by atoms with Gasteiger partial charge in [0.15, 0.2) is 0 Å². The summed E-state index contributed by atoms with van der Waals surface area (Å²) in [5.41, 5.74) is 1.37. The molecule has 5 unspecified atom stereocenters. The van der Waals surface area contributed by atoms with E-state index >= 15 is 0 Å². The summed E-state index contributed by atoms with van der Waals surface area (Å²) >= 11 is 0. The first-order valence-corrected chi connectivity index (χ1v) is 10.8. The zero-order chi connectivity index (χ0) is 22.4. The minimum absolute atomic E-state index is 0.125. The topological polar surface area (TPSA) is 115 Å². The lowest BCUT2D eigenvalue weighted by molar-refractivity contribution is -0.141. The Bertz CT molecular complexity index is 539. The summed E-state index contributed by atoms with van der Waals surface area (Å²) in [4.78, 5) is 19.9. The Balaban J connectivity index is 0.000000423. The number of carbonyl (C=O) groups is 2. The average molecular weight is 413 g/mol. The first kappa shape index (κ1) is 27.3. The standard InChI is InChI=1S/C11H16O.C7H14O3.C5H10O2/c1-8-2-3-10-7-11(12)5-4-9(10)6-8;1-2-3-4-6(8)5-7(9)10;1-3-4(2)5(6)7/h2-3,7-9,11-12H,4-6H2,1H3;6,8H,2-5H2,1H3,(H,9,10);4H,3H2,1-2H3,(H,6,7). The second kappa shape index (κ2) is 15.2. The van der Waals surface area contributed by atoms with Crippen molar-refractivity contribution in [3.63, 3.8) is 0 Å². The normalized spacial score (nSPS) is 24.5. The van der Waals surface area contributed by atoms with Crippen LogP contribution in [0.25, 0.3) is 0 Å². The molecular formula is C23H40O6. The molecule has 0 heterocycles. The number of aliphatic hydroxyl groups is 2. The van der Waals surface area contributed by atoms with Crippen molar-refractivity contribution in [3.05, 3.63) is 23.8 Å². The van der Waals surface area contributed by atoms with E-state index in [0.717, 1.165) is 37.5 Å². The van der Waals surface area contributed by atoms with Gasteiger partial charge in [0.25, 0.3) is 0 Å². The van der Waals surface area contributed by atoms with Crippen LogP contribution in [0.4, 0.5) is 0 Å². The average Bonchev–Trinajstić information content (AvgIpc) is 2.66. The smallest absolute Gasteiger partial charge is 0.306 e. The Morgan fingerprint density at radius 2 is 1.86 bits per heavy atom. The second-order valence-electron chi connectivity index (χ2n) is 8.12. The Kier molecular flexibility index (Phi) is 14.3. The third kappa shape index (κ3) is 13.2. The van der Waals surface area contributed by atoms with E-state index in [9.17, 15) is 14.7 Å². The van der Waals surface area contributed by atoms with E-state index in [1.165, 1.54) is 18.4 Å². The molecule has 0 aromatic heterocycles. The maximum Gasteiger partial charge on any atom is 0.306 e. The molecule has 168 valence electrons. The van der Waals surface area contributed by atoms with Gasteiger partial charge in [0, 0.05) is 0 Å². The van der Waals surface area contributed by atoms with Crippen molar-refractivity contribution in [1.82, 2.24) is 0 Å². The first-order valence-electron chi connectivity index (χ1n) is 10.8. The third-order valence-corrected chi connectivity index (χ3v) is 5.28. The maximum absolute atomic E-state index is 10.0. The molecule has 29 heavy (non-hydrogen) atoms. The highest BCUT2D eigenvalue weighted by atomic mass is 16.4. The van der Waals surface area contributed by atoms with Gasteiger partial charge in [-0.25, -0.2) is 0 Å². The molecule has 0 amide bonds. The van der Waals surface area contributed by atoms with Crippen molar-refractivity contribution in [2.75, 3.05) is 0 Å². The van der Waals surface area contributed by atoms with Crippen molar-refractivity contribution in [3.8, 4) is 0 Å². The number of aliphatic carboxylic acids is 2. The SMILES string of the molecule is CC1C=CC2=CC(O)CCC2C1.CCC(C)C(=O)O.CCCCC(O)CC(=O)O. The lowest BCUT2D eigenvalue weighted by Crippen LogP contribution is -2.20. The Morgan fingerprint density at radius 3 is 2.34 bits per heavy atom. The molecule has 2 aliphatic rings. The van der Waals surface area contributed by atoms with Crippen molar-refractivity contribution < 1.29 is 30.0 Å². The zero-order valence-electron chi connectivity index (χ0n) is 18.4. The van der Waals surface area contributed by atoms with E-state index in [0.29, 0.717) is 6.42 Å². The zero-order valence-corrected chi connectivity index (χ0v) is 18.4. The lowest BCUT2D eigenvalue weighted by Gasteiger charge is -2.29. The van der Waals surface area contributed by atoms with E-state index in [1.54, 1.807) is 6.92 Å². The summed E-state index contributed by atoms with van der Waals surface area (Å²) in [7, 11) is 0. The van der Waals surface area contributed by atoms with Gasteiger partial charge in [0.1, 0.15) is 0 Å². The molecule has 0 spiro atoms. The van der Waals surface area contributed by atoms with Gasteiger partial charge in [-0.3, -0.25) is 9.59 Å². The molecule has 4 N–H and O–H groups in total. The minimum atomic E-state index is -0.927. The van der Waals surface area contributed by atoms with E-state index < -0.39 is 18.0 Å². The van der Waals surface area contributed by atoms with Crippen LogP contribution >= 0.6 is 0 Å². The summed E-state index contributed by atoms with van der Waals surface area (Å²) in [6, 6.07) is 0. The number of hydrogen-bond donors (Lipinski definition) is 4. The molecule has 5 atom stereocenters. The van der Waals surface area contributed by atoms with Crippen LogP contribution in [0.1, 0.15) is 79.1 Å². The molecule has 0 aromatic rings. The van der Waals surface area contributed by atoms with Crippen LogP contribution in [-0.4, -0.2) is 44.6 Å². The van der Waals surface area contributed by atoms with Gasteiger partial charge < -0.3 is 20.4 Å². The number of fused-ring (bicyclic) bond motifs is 1. The van der Waals surface area contributed by atoms with Gasteiger partial charge in [-0.15, -0.1) is 0 Å². The highest BCUT2D eigenvalue weighted by molar-refractivity contribution is 5.69. The van der Waals surface area contributed by atoms with Gasteiger partial charge >= 0.3 is 11.9 Å². The molecule has 6 nitrogen and oxygen atoms in total. The van der Waals surface area contributed by atoms with Crippen molar-refractivity contribution in [2.24, 2.45) is 17.8 Å². The van der Waals surface area contributed by atoms with E-state index in [2.05, 4.69) is 19.1 Å². The van der Waals surface area contributed by atoms with Gasteiger partial charge in [0.05, 0.1) is 24.5 Å². The van der Waals surface area contributed by atoms with Crippen LogP contribution in [0.3, 0.4) is 0 Å². The van der Waals surface area contributed by atoms with Gasteiger partial charge in [-0.2, -0.15) is 0 Å². The molecule has 0 saturated carbocycles. The van der Waals surface area contributed by atoms with Gasteiger partial charge in [-0.05, 0) is 49.5 Å². The molecule has 6 heteroatoms. The molecule has 0 saturated heterocycles. The van der Waals surface area contributed by atoms with Crippen molar-refractivity contribution >= 4 is 11.9 Å². The highest BCUT2D eigenvalue weighted by Gasteiger charge is 2.24. The van der Waals surface area contributed by atoms with Crippen LogP contribution in [-0.2, 0) is 9.59 Å². The lowest BCUT2D eigenvalue weighted by atomic mass is 9.77. The number of rotatable bonds is 7. The monoisotopic (exact) mass is 412 g/mol. The molecule has 0 aliphatic heterocycles. The quantitative estimate of drug-likeness (QED) is 0.492. The fraction of sp³-hybridized carbons (Fsp3) is 0.739. The molecule has 0 aromatic carbocycles. The number of unbranched alkanes of at least 4 members (excludes halogenated alkanes) is 1. The van der Waals surface area contributed by atoms with Crippen LogP contribution in [0.2, 0.25) is 0 Å². The van der Waals surface area contributed by atoms with Gasteiger partial charge in [-0.1, -0.05) is 58.8 Å². The summed E-state index contributed by atoms with van der Waals surface area (Å²) < 4.78 is 0. The van der Waals surface area contributed by atoms with Crippen LogP contribution in [0, 0.1) is 17.8 Å². The molecule has 0 bridgehead atoms. The van der Waals surface area contributed by atoms with Crippen LogP contribution in [0.5, 0.6) is 0 Å². The molecule has 2 aliphatic carbocycles. The number of carboxylic acids is 2. The van der Waals surface area contributed by atoms with Gasteiger partial charge in [0.2, 0.25) is 0 Å². The largest absolute Gasteiger partial charge is 0.481 e. The van der Waals surface area contributed by atoms with Crippen molar-refractivity contribution in [2.45, 2.75) is 91.3 Å². The maximum atomic E-state index is 10.0. The predicted molar refractivity (Wildman–Crippen MR) is 115 cm³/mol. The van der Waals surface area contributed by atoms with Crippen LogP contribution in [0.15, 0.2) is 23.8 Å². The Labute approximate surface area is 175 Å². The fourth-order valence-corrected chi connectivity index (χ4v) is 3.15. The molecule has 2 rings (SSSR count). The summed E-state index contributed by atoms with van der Waals surface area (Å²) in [6.45, 7) is 7.83. The summed E-state index contributed by atoms with van der Waals surface area (Å²) in [5, 5.41) is 34.8. The van der Waals surface area contributed by atoms with Crippen LogP contribution < -0.4 is 0 Å². The highest BCUT2D eigenvalue weighted by Crippen LogP contribution is 2.35. The number of hydrogen-bond acceptors (Lipinski definition) is 4. The number of allylic oxidation sites excluding steroid dienone is 3. The van der Waals surface area contributed by atoms with E-state index in [4.69, 9.17) is 15.3 Å². The Hall–Kier alpha value is -1.66. The molecule has 0 fully saturated rings. The Morgan fingerprint density at radius 1 is 1.21 bits per heavy atom. The second-order valence-corrected chi connectivity index (χ2v) is 8.12. The van der Waals surface area contributed by atoms with E-state index in [1.807, 2.05) is 19.9 Å². The molecular weight excluding hydrogens is 372 g/mol. The fourth-order valence-electron chi connectivity index (χ4n) is 3.15. The molecule has 0 radical (unpaired) electrons. The third-order valence-electron chi connectivity index (χ3n) is 5.28. The number of carboxylic acid groups (broad SMARTS) is 2. The summed E-state index contributed by atoms with van der Waals surface area (Å²) in [5.74, 6) is -0.359. The first-order chi connectivity index (χ1) is 13.6. The minimum Gasteiger partial charge on any atom is -0.481 e. The summed E-state index contributed by atoms with van der Waals surface area (Å²) in [6.07, 6.45) is 12.1.